The zero-order chi connectivity index (χ0) is 10.5. The molecule has 82 valence electrons. The topological polar surface area (TPSA) is 33.3 Å². The van der Waals surface area contributed by atoms with E-state index in [0.717, 1.165) is 31.1 Å². The molecule has 0 unspecified atom stereocenters. The van der Waals surface area contributed by atoms with E-state index >= 15 is 0 Å². The van der Waals surface area contributed by atoms with Crippen LogP contribution in [0.5, 0.6) is 0 Å². The van der Waals surface area contributed by atoms with Crippen molar-refractivity contribution in [3.8, 4) is 0 Å². The molecule has 1 heterocycles. The van der Waals surface area contributed by atoms with Crippen LogP contribution in [0.15, 0.2) is 24.3 Å². The quantitative estimate of drug-likeness (QED) is 0.800. The third kappa shape index (κ3) is 3.47. The van der Waals surface area contributed by atoms with Crippen LogP contribution in [0.4, 0.5) is 0 Å². The lowest BCUT2D eigenvalue weighted by molar-refractivity contribution is 0.0348. The molecule has 1 aromatic carbocycles. The normalized spacial score (nSPS) is 22.3. The molecule has 2 N–H and O–H groups in total. The monoisotopic (exact) mass is 226 g/mol. The van der Waals surface area contributed by atoms with Crippen LogP contribution in [0.1, 0.15) is 5.56 Å². The Morgan fingerprint density at radius 2 is 2.13 bits per heavy atom. The lowest BCUT2D eigenvalue weighted by Crippen LogP contribution is -2.36. The van der Waals surface area contributed by atoms with Crippen LogP contribution in [0.3, 0.4) is 0 Å². The second-order valence-corrected chi connectivity index (χ2v) is 4.13. The predicted molar refractivity (Wildman–Crippen MR) is 60.9 cm³/mol. The highest BCUT2D eigenvalue weighted by Crippen LogP contribution is 2.11. The lowest BCUT2D eigenvalue weighted by Gasteiger charge is -2.14. The molecule has 0 amide bonds. The third-order valence-corrected chi connectivity index (χ3v) is 2.67. The minimum absolute atomic E-state index is 0.327. The Morgan fingerprint density at radius 1 is 1.33 bits per heavy atom. The van der Waals surface area contributed by atoms with Gasteiger partial charge in [-0.25, -0.2) is 0 Å². The number of benzene rings is 1. The molecule has 1 aromatic rings. The minimum Gasteiger partial charge on any atom is -0.313 e. The van der Waals surface area contributed by atoms with Crippen molar-refractivity contribution in [1.29, 1.82) is 0 Å². The van der Waals surface area contributed by atoms with E-state index in [2.05, 4.69) is 22.9 Å². The average molecular weight is 227 g/mol. The van der Waals surface area contributed by atoms with Crippen LogP contribution in [0.25, 0.3) is 0 Å². The molecule has 0 radical (unpaired) electrons. The van der Waals surface area contributed by atoms with Gasteiger partial charge in [-0.15, -0.1) is 0 Å². The average Bonchev–Trinajstić information content (AvgIpc) is 2.50. The Bertz CT molecular complexity index is 294. The summed E-state index contributed by atoms with van der Waals surface area (Å²) in [5.41, 5.74) is 4.32. The largest absolute Gasteiger partial charge is 0.313 e. The molecule has 3 nitrogen and oxygen atoms in total. The number of nitrogens with one attached hydrogen (secondary N) is 2. The van der Waals surface area contributed by atoms with Gasteiger partial charge in [-0.3, -0.25) is 0 Å². The van der Waals surface area contributed by atoms with E-state index in [4.69, 9.17) is 16.4 Å². The molecule has 1 atom stereocenters. The van der Waals surface area contributed by atoms with Gasteiger partial charge in [0.05, 0.1) is 6.61 Å². The Balaban J connectivity index is 1.92. The van der Waals surface area contributed by atoms with Crippen molar-refractivity contribution in [3.63, 3.8) is 0 Å². The van der Waals surface area contributed by atoms with Crippen LogP contribution in [0.2, 0.25) is 5.02 Å². The minimum atomic E-state index is 0.327. The molecule has 0 bridgehead atoms. The summed E-state index contributed by atoms with van der Waals surface area (Å²) in [5, 5.41) is 4.09. The molecule has 0 spiro atoms. The lowest BCUT2D eigenvalue weighted by atomic mass is 10.1. The van der Waals surface area contributed by atoms with E-state index in [0.29, 0.717) is 6.04 Å². The fraction of sp³-hybridized carbons (Fsp3) is 0.455. The second kappa shape index (κ2) is 5.47. The SMILES string of the molecule is Clc1ccc(C[C@H]2CNCCON2)cc1. The van der Waals surface area contributed by atoms with Gasteiger partial charge in [-0.1, -0.05) is 23.7 Å². The molecule has 2 rings (SSSR count). The summed E-state index contributed by atoms with van der Waals surface area (Å²) in [7, 11) is 0. The number of rotatable bonds is 2. The van der Waals surface area contributed by atoms with E-state index in [1.807, 2.05) is 12.1 Å². The molecule has 0 saturated carbocycles. The van der Waals surface area contributed by atoms with Crippen LogP contribution in [0, 0.1) is 0 Å². The molecule has 1 saturated heterocycles. The highest BCUT2D eigenvalue weighted by Gasteiger charge is 2.11. The molecule has 0 aromatic heterocycles. The molecule has 15 heavy (non-hydrogen) atoms. The number of hydrogen-bond donors (Lipinski definition) is 2. The fourth-order valence-electron chi connectivity index (χ4n) is 1.64. The summed E-state index contributed by atoms with van der Waals surface area (Å²) in [6.45, 7) is 2.56. The molecule has 0 aliphatic carbocycles. The van der Waals surface area contributed by atoms with Crippen molar-refractivity contribution in [2.45, 2.75) is 12.5 Å². The van der Waals surface area contributed by atoms with Gasteiger partial charge < -0.3 is 10.2 Å². The Morgan fingerprint density at radius 3 is 2.93 bits per heavy atom. The number of hydrogen-bond acceptors (Lipinski definition) is 3. The summed E-state index contributed by atoms with van der Waals surface area (Å²) in [5.74, 6) is 0. The molecule has 1 aliphatic rings. The highest BCUT2D eigenvalue weighted by molar-refractivity contribution is 6.30. The molecule has 1 aliphatic heterocycles. The van der Waals surface area contributed by atoms with E-state index in [1.54, 1.807) is 0 Å². The zero-order valence-corrected chi connectivity index (χ0v) is 9.26. The van der Waals surface area contributed by atoms with Crippen molar-refractivity contribution >= 4 is 11.6 Å². The smallest absolute Gasteiger partial charge is 0.0806 e. The molecule has 4 heteroatoms. The Hall–Kier alpha value is -0.610. The van der Waals surface area contributed by atoms with Crippen molar-refractivity contribution in [1.82, 2.24) is 10.8 Å². The molecular weight excluding hydrogens is 212 g/mol. The van der Waals surface area contributed by atoms with Gasteiger partial charge >= 0.3 is 0 Å². The van der Waals surface area contributed by atoms with Gasteiger partial charge in [-0.05, 0) is 24.1 Å². The van der Waals surface area contributed by atoms with Crippen molar-refractivity contribution in [2.75, 3.05) is 19.7 Å². The fourth-order valence-corrected chi connectivity index (χ4v) is 1.76. The van der Waals surface area contributed by atoms with Crippen LogP contribution < -0.4 is 10.8 Å². The van der Waals surface area contributed by atoms with Gasteiger partial charge in [-0.2, -0.15) is 5.48 Å². The first kappa shape index (κ1) is 10.9. The van der Waals surface area contributed by atoms with Crippen LogP contribution in [-0.4, -0.2) is 25.7 Å². The standard InChI is InChI=1S/C11H15ClN2O/c12-10-3-1-9(2-4-10)7-11-8-13-5-6-15-14-11/h1-4,11,13-14H,5-8H2/t11-/m0/s1. The van der Waals surface area contributed by atoms with Gasteiger partial charge in [0.1, 0.15) is 0 Å². The first-order valence-corrected chi connectivity index (χ1v) is 5.55. The summed E-state index contributed by atoms with van der Waals surface area (Å²) in [6, 6.07) is 8.27. The summed E-state index contributed by atoms with van der Waals surface area (Å²) in [6.07, 6.45) is 0.949. The Kier molecular flexibility index (Phi) is 3.97. The maximum absolute atomic E-state index is 5.83. The van der Waals surface area contributed by atoms with E-state index in [-0.39, 0.29) is 0 Å². The van der Waals surface area contributed by atoms with E-state index in [1.165, 1.54) is 5.56 Å². The van der Waals surface area contributed by atoms with Gasteiger partial charge in [0, 0.05) is 24.2 Å². The third-order valence-electron chi connectivity index (χ3n) is 2.42. The zero-order valence-electron chi connectivity index (χ0n) is 8.50. The van der Waals surface area contributed by atoms with Crippen molar-refractivity contribution < 1.29 is 4.84 Å². The number of halogens is 1. The Labute approximate surface area is 94.7 Å². The maximum atomic E-state index is 5.83. The van der Waals surface area contributed by atoms with Crippen LogP contribution >= 0.6 is 11.6 Å². The first-order valence-electron chi connectivity index (χ1n) is 5.17. The second-order valence-electron chi connectivity index (χ2n) is 3.70. The highest BCUT2D eigenvalue weighted by atomic mass is 35.5. The van der Waals surface area contributed by atoms with Gasteiger partial charge in [0.25, 0.3) is 0 Å². The van der Waals surface area contributed by atoms with Crippen LogP contribution in [-0.2, 0) is 11.3 Å². The molecule has 1 fully saturated rings. The predicted octanol–water partition coefficient (Wildman–Crippen LogP) is 1.38. The number of hydroxylamine groups is 1. The van der Waals surface area contributed by atoms with Gasteiger partial charge in [0.15, 0.2) is 0 Å². The summed E-state index contributed by atoms with van der Waals surface area (Å²) in [4.78, 5) is 5.26. The summed E-state index contributed by atoms with van der Waals surface area (Å²) < 4.78 is 0. The van der Waals surface area contributed by atoms with Gasteiger partial charge in [0.2, 0.25) is 0 Å². The maximum Gasteiger partial charge on any atom is 0.0806 e. The van der Waals surface area contributed by atoms with E-state index in [9.17, 15) is 0 Å². The van der Waals surface area contributed by atoms with Crippen molar-refractivity contribution in [2.24, 2.45) is 0 Å². The van der Waals surface area contributed by atoms with E-state index < -0.39 is 0 Å². The molecular formula is C11H15ClN2O. The summed E-state index contributed by atoms with van der Waals surface area (Å²) >= 11 is 5.83. The van der Waals surface area contributed by atoms with Crippen molar-refractivity contribution in [3.05, 3.63) is 34.9 Å². The first-order chi connectivity index (χ1) is 7.34.